The number of amides is 1. The van der Waals surface area contributed by atoms with Crippen molar-refractivity contribution in [3.63, 3.8) is 0 Å². The molecule has 4 aromatic rings. The minimum atomic E-state index is -0.0767. The molecule has 3 unspecified atom stereocenters. The maximum atomic E-state index is 13.4. The number of H-pyrrole nitrogens is 1. The predicted octanol–water partition coefficient (Wildman–Crippen LogP) is 6.52. The first kappa shape index (κ1) is 27.2. The average Bonchev–Trinajstić information content (AvgIpc) is 3.49. The number of piperidine rings is 1. The van der Waals surface area contributed by atoms with Crippen LogP contribution in [-0.4, -0.2) is 58.4 Å². The van der Waals surface area contributed by atoms with E-state index in [1.807, 2.05) is 36.4 Å². The minimum absolute atomic E-state index is 0.0413. The van der Waals surface area contributed by atoms with Crippen LogP contribution in [0.2, 0.25) is 0 Å². The molecule has 1 aromatic heterocycles. The summed E-state index contributed by atoms with van der Waals surface area (Å²) >= 11 is 0. The first-order valence-corrected chi connectivity index (χ1v) is 15.5. The summed E-state index contributed by atoms with van der Waals surface area (Å²) in [7, 11) is 0. The van der Waals surface area contributed by atoms with Crippen molar-refractivity contribution in [2.24, 2.45) is 5.92 Å². The number of fused-ring (bicyclic) bond motifs is 3. The van der Waals surface area contributed by atoms with Crippen molar-refractivity contribution in [2.75, 3.05) is 13.2 Å². The molecule has 1 amide bonds. The lowest BCUT2D eigenvalue weighted by molar-refractivity contribution is -0.102. The monoisotopic (exact) mass is 564 g/mol. The van der Waals surface area contributed by atoms with E-state index in [-0.39, 0.29) is 18.1 Å². The quantitative estimate of drug-likeness (QED) is 0.242. The second-order valence-corrected chi connectivity index (χ2v) is 12.7. The SMILES string of the molecule is CC(C)CC(NC(=O)c1ccc2[nH]nc(-c3ccc(OC4CC5CCC(C4)N5C4COC4)cc3)c2c1)c1ccccc1. The number of carbonyl (C=O) groups is 1. The zero-order valence-electron chi connectivity index (χ0n) is 24.5. The molecule has 0 aliphatic carbocycles. The Balaban J connectivity index is 1.05. The molecule has 2 bridgehead atoms. The van der Waals surface area contributed by atoms with Crippen molar-refractivity contribution >= 4 is 16.8 Å². The second-order valence-electron chi connectivity index (χ2n) is 12.7. The molecule has 0 spiro atoms. The van der Waals surface area contributed by atoms with Gasteiger partial charge in [-0.2, -0.15) is 5.10 Å². The molecule has 3 atom stereocenters. The van der Waals surface area contributed by atoms with Gasteiger partial charge in [0.25, 0.3) is 5.91 Å². The van der Waals surface area contributed by atoms with Gasteiger partial charge in [0.05, 0.1) is 36.5 Å². The molecule has 2 N–H and O–H groups in total. The lowest BCUT2D eigenvalue weighted by atomic mass is 9.96. The number of nitrogens with one attached hydrogen (secondary N) is 2. The van der Waals surface area contributed by atoms with Crippen molar-refractivity contribution in [2.45, 2.75) is 76.2 Å². The standard InChI is InChI=1S/C35H40N4O3/c1-22(2)16-33(23-6-4-3-5-7-23)36-35(40)25-10-15-32-31(17-25)34(38-37-32)24-8-13-29(14-9-24)42-30-18-26-11-12-27(19-30)39(26)28-20-41-21-28/h3-10,13-15,17,22,26-28,30,33H,11-12,16,18-21H2,1-2H3,(H,36,40)(H,37,38). The summed E-state index contributed by atoms with van der Waals surface area (Å²) in [5, 5.41) is 12.0. The largest absolute Gasteiger partial charge is 0.490 e. The van der Waals surface area contributed by atoms with Gasteiger partial charge in [-0.25, -0.2) is 0 Å². The fourth-order valence-electron chi connectivity index (χ4n) is 7.19. The smallest absolute Gasteiger partial charge is 0.251 e. The number of ether oxygens (including phenoxy) is 2. The van der Waals surface area contributed by atoms with Gasteiger partial charge >= 0.3 is 0 Å². The van der Waals surface area contributed by atoms with Crippen LogP contribution in [0.1, 0.15) is 67.9 Å². The summed E-state index contributed by atoms with van der Waals surface area (Å²) < 4.78 is 12.0. The molecule has 7 nitrogen and oxygen atoms in total. The first-order valence-electron chi connectivity index (χ1n) is 15.5. The maximum absolute atomic E-state index is 13.4. The molecule has 3 saturated heterocycles. The lowest BCUT2D eigenvalue weighted by Gasteiger charge is -2.46. The summed E-state index contributed by atoms with van der Waals surface area (Å²) in [6.45, 7) is 6.14. The Kier molecular flexibility index (Phi) is 7.46. The van der Waals surface area contributed by atoms with Gasteiger partial charge in [-0.05, 0) is 86.1 Å². The number of hydrogen-bond donors (Lipinski definition) is 2. The van der Waals surface area contributed by atoms with Crippen LogP contribution in [0.15, 0.2) is 72.8 Å². The molecule has 0 saturated carbocycles. The van der Waals surface area contributed by atoms with E-state index in [0.29, 0.717) is 29.6 Å². The van der Waals surface area contributed by atoms with Crippen LogP contribution in [0.25, 0.3) is 22.2 Å². The van der Waals surface area contributed by atoms with E-state index in [2.05, 4.69) is 70.7 Å². The summed E-state index contributed by atoms with van der Waals surface area (Å²) in [5.41, 5.74) is 4.49. The van der Waals surface area contributed by atoms with E-state index in [4.69, 9.17) is 9.47 Å². The number of aromatic amines is 1. The Morgan fingerprint density at radius 1 is 1.00 bits per heavy atom. The van der Waals surface area contributed by atoms with Crippen molar-refractivity contribution in [3.05, 3.63) is 83.9 Å². The van der Waals surface area contributed by atoms with Crippen LogP contribution < -0.4 is 10.1 Å². The summed E-state index contributed by atoms with van der Waals surface area (Å²) in [5.74, 6) is 1.28. The number of rotatable bonds is 9. The Bertz CT molecular complexity index is 1520. The Morgan fingerprint density at radius 3 is 2.40 bits per heavy atom. The van der Waals surface area contributed by atoms with E-state index in [9.17, 15) is 4.79 Å². The third-order valence-electron chi connectivity index (χ3n) is 9.26. The summed E-state index contributed by atoms with van der Waals surface area (Å²) in [6.07, 6.45) is 5.86. The number of nitrogens with zero attached hydrogens (tertiary/aromatic N) is 2. The lowest BCUT2D eigenvalue weighted by Crippen LogP contribution is -2.57. The average molecular weight is 565 g/mol. The van der Waals surface area contributed by atoms with E-state index in [0.717, 1.165) is 65.9 Å². The Hall–Kier alpha value is -3.68. The molecule has 7 rings (SSSR count). The van der Waals surface area contributed by atoms with Crippen molar-refractivity contribution in [1.29, 1.82) is 0 Å². The normalized spacial score (nSPS) is 23.2. The van der Waals surface area contributed by atoms with Crippen LogP contribution in [0.3, 0.4) is 0 Å². The number of hydrogen-bond acceptors (Lipinski definition) is 5. The molecule has 0 radical (unpaired) electrons. The van der Waals surface area contributed by atoms with Crippen LogP contribution in [0.5, 0.6) is 5.75 Å². The molecule has 3 aliphatic rings. The summed E-state index contributed by atoms with van der Waals surface area (Å²) in [4.78, 5) is 16.1. The summed E-state index contributed by atoms with van der Waals surface area (Å²) in [6, 6.07) is 26.0. The fraction of sp³-hybridized carbons (Fsp3) is 0.429. The van der Waals surface area contributed by atoms with E-state index >= 15 is 0 Å². The van der Waals surface area contributed by atoms with Crippen LogP contribution in [0.4, 0.5) is 0 Å². The topological polar surface area (TPSA) is 79.5 Å². The highest BCUT2D eigenvalue weighted by Gasteiger charge is 2.46. The first-order chi connectivity index (χ1) is 20.5. The van der Waals surface area contributed by atoms with Crippen molar-refractivity contribution in [1.82, 2.24) is 20.4 Å². The van der Waals surface area contributed by atoms with Gasteiger partial charge in [-0.15, -0.1) is 0 Å². The molecule has 4 heterocycles. The second kappa shape index (κ2) is 11.5. The van der Waals surface area contributed by atoms with Gasteiger partial charge in [0.2, 0.25) is 0 Å². The van der Waals surface area contributed by atoms with E-state index < -0.39 is 0 Å². The van der Waals surface area contributed by atoms with Crippen molar-refractivity contribution in [3.8, 4) is 17.0 Å². The predicted molar refractivity (Wildman–Crippen MR) is 165 cm³/mol. The third-order valence-corrected chi connectivity index (χ3v) is 9.26. The maximum Gasteiger partial charge on any atom is 0.251 e. The molecule has 7 heteroatoms. The Morgan fingerprint density at radius 2 is 1.74 bits per heavy atom. The number of aromatic nitrogens is 2. The fourth-order valence-corrected chi connectivity index (χ4v) is 7.19. The zero-order chi connectivity index (χ0) is 28.6. The van der Waals surface area contributed by atoms with Crippen LogP contribution >= 0.6 is 0 Å². The third kappa shape index (κ3) is 5.43. The van der Waals surface area contributed by atoms with Gasteiger partial charge in [-0.3, -0.25) is 14.8 Å². The Labute approximate surface area is 247 Å². The highest BCUT2D eigenvalue weighted by Crippen LogP contribution is 2.40. The number of benzene rings is 3. The zero-order valence-corrected chi connectivity index (χ0v) is 24.5. The van der Waals surface area contributed by atoms with Crippen LogP contribution in [-0.2, 0) is 4.74 Å². The van der Waals surface area contributed by atoms with Crippen LogP contribution in [0, 0.1) is 5.92 Å². The molecular weight excluding hydrogens is 524 g/mol. The highest BCUT2D eigenvalue weighted by atomic mass is 16.5. The van der Waals surface area contributed by atoms with Crippen molar-refractivity contribution < 1.29 is 14.3 Å². The molecule has 42 heavy (non-hydrogen) atoms. The van der Waals surface area contributed by atoms with Gasteiger partial charge in [0.15, 0.2) is 0 Å². The number of carbonyl (C=O) groups excluding carboxylic acids is 1. The van der Waals surface area contributed by atoms with Gasteiger partial charge in [-0.1, -0.05) is 44.2 Å². The van der Waals surface area contributed by atoms with Gasteiger partial charge < -0.3 is 14.8 Å². The van der Waals surface area contributed by atoms with Gasteiger partial charge in [0.1, 0.15) is 11.9 Å². The molecule has 218 valence electrons. The minimum Gasteiger partial charge on any atom is -0.490 e. The van der Waals surface area contributed by atoms with Gasteiger partial charge in [0, 0.05) is 28.6 Å². The highest BCUT2D eigenvalue weighted by molar-refractivity contribution is 6.01. The molecule has 3 aromatic carbocycles. The molecular formula is C35H40N4O3. The van der Waals surface area contributed by atoms with E-state index in [1.165, 1.54) is 12.8 Å². The molecule has 3 fully saturated rings. The van der Waals surface area contributed by atoms with E-state index in [1.54, 1.807) is 0 Å². The molecule has 3 aliphatic heterocycles.